The summed E-state index contributed by atoms with van der Waals surface area (Å²) in [5.74, 6) is 0.501. The van der Waals surface area contributed by atoms with E-state index in [0.29, 0.717) is 43.2 Å². The van der Waals surface area contributed by atoms with Crippen molar-refractivity contribution >= 4 is 29.4 Å². The Balaban J connectivity index is 1.56. The van der Waals surface area contributed by atoms with Crippen molar-refractivity contribution in [2.45, 2.75) is 71.3 Å². The van der Waals surface area contributed by atoms with Gasteiger partial charge in [-0.15, -0.1) is 0 Å². The predicted molar refractivity (Wildman–Crippen MR) is 138 cm³/mol. The summed E-state index contributed by atoms with van der Waals surface area (Å²) in [5.41, 5.74) is 0.616. The molecule has 1 saturated heterocycles. The number of hydrogen-bond donors (Lipinski definition) is 2. The number of carbonyl (C=O) groups is 4. The van der Waals surface area contributed by atoms with Crippen LogP contribution in [0.25, 0.3) is 0 Å². The monoisotopic (exact) mass is 500 g/mol. The fraction of sp³-hybridized carbons (Fsp3) is 0.630. The largest absolute Gasteiger partial charge is 0.497 e. The fourth-order valence-electron chi connectivity index (χ4n) is 4.93. The van der Waals surface area contributed by atoms with Crippen LogP contribution < -0.4 is 15.4 Å². The summed E-state index contributed by atoms with van der Waals surface area (Å²) >= 11 is 0. The topological polar surface area (TPSA) is 108 Å². The number of nitrogens with one attached hydrogen (secondary N) is 2. The quantitative estimate of drug-likeness (QED) is 0.425. The van der Waals surface area contributed by atoms with Crippen LogP contribution in [0.5, 0.6) is 5.75 Å². The predicted octanol–water partition coefficient (Wildman–Crippen LogP) is 3.79. The molecule has 1 aliphatic carbocycles. The van der Waals surface area contributed by atoms with Crippen molar-refractivity contribution in [3.8, 4) is 5.75 Å². The number of nitrogens with zero attached hydrogens (tertiary/aromatic N) is 2. The minimum absolute atomic E-state index is 0.00359. The van der Waals surface area contributed by atoms with Crippen LogP contribution in [0.3, 0.4) is 0 Å². The van der Waals surface area contributed by atoms with Crippen molar-refractivity contribution in [1.82, 2.24) is 15.1 Å². The van der Waals surface area contributed by atoms with E-state index in [2.05, 4.69) is 24.5 Å². The molecule has 9 nitrogen and oxygen atoms in total. The molecule has 1 aliphatic heterocycles. The first-order valence-electron chi connectivity index (χ1n) is 13.1. The lowest BCUT2D eigenvalue weighted by Crippen LogP contribution is -2.63. The number of methoxy groups -OCH3 is 1. The molecule has 198 valence electrons. The van der Waals surface area contributed by atoms with Crippen molar-refractivity contribution in [2.75, 3.05) is 32.1 Å². The number of unbranched alkanes of at least 4 members (excludes halogenated alkanes) is 1. The van der Waals surface area contributed by atoms with Gasteiger partial charge in [0.1, 0.15) is 12.3 Å². The van der Waals surface area contributed by atoms with Gasteiger partial charge in [-0.1, -0.05) is 26.7 Å². The summed E-state index contributed by atoms with van der Waals surface area (Å²) in [6.45, 7) is 5.05. The number of imide groups is 1. The zero-order chi connectivity index (χ0) is 26.1. The van der Waals surface area contributed by atoms with E-state index in [0.717, 1.165) is 32.1 Å². The van der Waals surface area contributed by atoms with Crippen LogP contribution >= 0.6 is 0 Å². The highest BCUT2D eigenvalue weighted by Gasteiger charge is 2.47. The second-order valence-corrected chi connectivity index (χ2v) is 10.1. The maximum absolute atomic E-state index is 13.4. The second-order valence-electron chi connectivity index (χ2n) is 10.1. The van der Waals surface area contributed by atoms with E-state index in [4.69, 9.17) is 4.74 Å². The van der Waals surface area contributed by atoms with Crippen LogP contribution in [0.15, 0.2) is 24.3 Å². The zero-order valence-corrected chi connectivity index (χ0v) is 21.8. The first-order valence-corrected chi connectivity index (χ1v) is 13.1. The molecule has 1 heterocycles. The lowest BCUT2D eigenvalue weighted by atomic mass is 9.81. The van der Waals surface area contributed by atoms with Gasteiger partial charge in [0.15, 0.2) is 0 Å². The van der Waals surface area contributed by atoms with Crippen LogP contribution in [0.4, 0.5) is 10.5 Å². The molecule has 3 rings (SSSR count). The van der Waals surface area contributed by atoms with Gasteiger partial charge in [0.25, 0.3) is 0 Å². The second kappa shape index (κ2) is 13.3. The van der Waals surface area contributed by atoms with E-state index in [9.17, 15) is 19.2 Å². The van der Waals surface area contributed by atoms with E-state index in [1.165, 1.54) is 4.90 Å². The van der Waals surface area contributed by atoms with E-state index in [-0.39, 0.29) is 42.8 Å². The Labute approximate surface area is 213 Å². The minimum Gasteiger partial charge on any atom is -0.497 e. The molecule has 0 radical (unpaired) electrons. The molecule has 9 heteroatoms. The molecular formula is C27H40N4O5. The van der Waals surface area contributed by atoms with Crippen LogP contribution in [-0.2, 0) is 14.4 Å². The van der Waals surface area contributed by atoms with Gasteiger partial charge in [-0.3, -0.25) is 19.3 Å². The third-order valence-electron chi connectivity index (χ3n) is 6.96. The molecule has 1 saturated carbocycles. The van der Waals surface area contributed by atoms with Crippen molar-refractivity contribution in [1.29, 1.82) is 0 Å². The number of ether oxygens (including phenoxy) is 1. The van der Waals surface area contributed by atoms with Crippen molar-refractivity contribution in [3.63, 3.8) is 0 Å². The smallest absolute Gasteiger partial charge is 0.327 e. The van der Waals surface area contributed by atoms with E-state index in [1.807, 2.05) is 0 Å². The number of amides is 5. The fourth-order valence-corrected chi connectivity index (χ4v) is 4.93. The van der Waals surface area contributed by atoms with Crippen molar-refractivity contribution < 1.29 is 23.9 Å². The summed E-state index contributed by atoms with van der Waals surface area (Å²) in [6, 6.07) is 6.34. The van der Waals surface area contributed by atoms with Crippen molar-refractivity contribution in [2.24, 2.45) is 11.8 Å². The molecule has 0 bridgehead atoms. The standard InChI is InChI=1S/C27H40N4O5/c1-19(2)15-16-28-24(32)10-6-7-17-30-26(34)22-8-4-5-9-23(22)31(27(30)35)18-25(33)29-20-11-13-21(36-3)14-12-20/h11-14,19,22-23H,4-10,15-18H2,1-3H3,(H,28,32)(H,29,33). The third kappa shape index (κ3) is 7.45. The number of anilines is 1. The lowest BCUT2D eigenvalue weighted by molar-refractivity contribution is -0.141. The van der Waals surface area contributed by atoms with Gasteiger partial charge in [0, 0.05) is 31.2 Å². The van der Waals surface area contributed by atoms with Crippen LogP contribution in [0.2, 0.25) is 0 Å². The summed E-state index contributed by atoms with van der Waals surface area (Å²) in [7, 11) is 1.58. The number of rotatable bonds is 12. The first kappa shape index (κ1) is 27.5. The van der Waals surface area contributed by atoms with E-state index < -0.39 is 6.03 Å². The number of carbonyl (C=O) groups excluding carboxylic acids is 4. The Kier molecular flexibility index (Phi) is 10.1. The van der Waals surface area contributed by atoms with Crippen LogP contribution in [-0.4, -0.2) is 66.3 Å². The Hall–Kier alpha value is -3.10. The Morgan fingerprint density at radius 3 is 2.47 bits per heavy atom. The molecule has 0 aromatic heterocycles. The summed E-state index contributed by atoms with van der Waals surface area (Å²) in [4.78, 5) is 54.2. The summed E-state index contributed by atoms with van der Waals surface area (Å²) < 4.78 is 5.14. The van der Waals surface area contributed by atoms with Gasteiger partial charge in [-0.05, 0) is 62.3 Å². The average Bonchev–Trinajstić information content (AvgIpc) is 2.86. The van der Waals surface area contributed by atoms with Gasteiger partial charge in [-0.25, -0.2) is 4.79 Å². The summed E-state index contributed by atoms with van der Waals surface area (Å²) in [5, 5.41) is 5.75. The van der Waals surface area contributed by atoms with Gasteiger partial charge in [0.2, 0.25) is 17.7 Å². The minimum atomic E-state index is -0.408. The highest BCUT2D eigenvalue weighted by Crippen LogP contribution is 2.34. The molecule has 2 aliphatic rings. The molecule has 5 amide bonds. The first-order chi connectivity index (χ1) is 17.3. The highest BCUT2D eigenvalue weighted by atomic mass is 16.5. The molecule has 1 aromatic rings. The van der Waals surface area contributed by atoms with Gasteiger partial charge >= 0.3 is 6.03 Å². The molecule has 1 aromatic carbocycles. The van der Waals surface area contributed by atoms with Gasteiger partial charge in [0.05, 0.1) is 13.0 Å². The Morgan fingerprint density at radius 2 is 1.78 bits per heavy atom. The molecule has 0 spiro atoms. The Morgan fingerprint density at radius 1 is 1.06 bits per heavy atom. The van der Waals surface area contributed by atoms with E-state index in [1.54, 1.807) is 36.3 Å². The lowest BCUT2D eigenvalue weighted by Gasteiger charge is -2.46. The normalized spacial score (nSPS) is 19.8. The molecule has 2 atom stereocenters. The maximum atomic E-state index is 13.4. The average molecular weight is 501 g/mol. The van der Waals surface area contributed by atoms with Crippen molar-refractivity contribution in [3.05, 3.63) is 24.3 Å². The number of hydrogen-bond acceptors (Lipinski definition) is 5. The molecule has 2 unspecified atom stereocenters. The van der Waals surface area contributed by atoms with Crippen LogP contribution in [0, 0.1) is 11.8 Å². The molecule has 2 fully saturated rings. The van der Waals surface area contributed by atoms with Gasteiger partial charge in [-0.2, -0.15) is 0 Å². The van der Waals surface area contributed by atoms with Gasteiger partial charge < -0.3 is 20.3 Å². The zero-order valence-electron chi connectivity index (χ0n) is 21.8. The highest BCUT2D eigenvalue weighted by molar-refractivity contribution is 6.01. The maximum Gasteiger partial charge on any atom is 0.327 e. The Bertz CT molecular complexity index is 917. The van der Waals surface area contributed by atoms with E-state index >= 15 is 0 Å². The molecule has 2 N–H and O–H groups in total. The number of benzene rings is 1. The third-order valence-corrected chi connectivity index (χ3v) is 6.96. The number of urea groups is 1. The SMILES string of the molecule is COc1ccc(NC(=O)CN2C(=O)N(CCCCC(=O)NCCC(C)C)C(=O)C3CCCCC32)cc1. The molecular weight excluding hydrogens is 460 g/mol. The summed E-state index contributed by atoms with van der Waals surface area (Å²) in [6.07, 6.45) is 5.78. The van der Waals surface area contributed by atoms with Crippen LogP contribution in [0.1, 0.15) is 65.2 Å². The molecule has 36 heavy (non-hydrogen) atoms. The number of fused-ring (bicyclic) bond motifs is 1.